The van der Waals surface area contributed by atoms with Gasteiger partial charge in [-0.15, -0.1) is 0 Å². The summed E-state index contributed by atoms with van der Waals surface area (Å²) in [5, 5.41) is 0. The van der Waals surface area contributed by atoms with Gasteiger partial charge < -0.3 is 9.47 Å². The van der Waals surface area contributed by atoms with Crippen molar-refractivity contribution in [1.29, 1.82) is 0 Å². The van der Waals surface area contributed by atoms with E-state index in [1.54, 1.807) is 11.1 Å². The van der Waals surface area contributed by atoms with E-state index in [1.165, 1.54) is 0 Å². The topological polar surface area (TPSA) is 55.8 Å². The van der Waals surface area contributed by atoms with Crippen LogP contribution in [0, 0.1) is 5.41 Å². The Morgan fingerprint density at radius 2 is 2.04 bits per heavy atom. The standard InChI is InChI=1S/C19H23NO4/c1-2-23-17(21)19-11-6-10-16(19)20(13-7-12-19)18(22)24-14-15-8-4-3-5-9-15/h3-5,7-9,13,16H,2,6,10-12,14H2,1H3/t16-,19+/m1/s1. The Kier molecular flexibility index (Phi) is 4.88. The van der Waals surface area contributed by atoms with E-state index in [4.69, 9.17) is 9.47 Å². The fourth-order valence-electron chi connectivity index (χ4n) is 3.76. The van der Waals surface area contributed by atoms with Crippen LogP contribution in [0.1, 0.15) is 38.2 Å². The number of fused-ring (bicyclic) bond motifs is 1. The van der Waals surface area contributed by atoms with Crippen LogP contribution in [0.4, 0.5) is 4.79 Å². The number of hydrogen-bond acceptors (Lipinski definition) is 4. The van der Waals surface area contributed by atoms with Gasteiger partial charge >= 0.3 is 12.1 Å². The van der Waals surface area contributed by atoms with Crippen LogP contribution in [-0.2, 0) is 20.9 Å². The average Bonchev–Trinajstić information content (AvgIpc) is 3.06. The molecule has 5 nitrogen and oxygen atoms in total. The number of rotatable bonds is 4. The third-order valence-corrected chi connectivity index (χ3v) is 4.92. The summed E-state index contributed by atoms with van der Waals surface area (Å²) in [7, 11) is 0. The molecule has 1 aliphatic carbocycles. The summed E-state index contributed by atoms with van der Waals surface area (Å²) in [5.41, 5.74) is 0.325. The third kappa shape index (κ3) is 3.03. The number of amides is 1. The monoisotopic (exact) mass is 329 g/mol. The molecule has 1 amide bonds. The zero-order valence-electron chi connectivity index (χ0n) is 13.9. The molecule has 0 N–H and O–H groups in total. The molecule has 0 saturated heterocycles. The number of benzene rings is 1. The average molecular weight is 329 g/mol. The van der Waals surface area contributed by atoms with Crippen LogP contribution in [0.3, 0.4) is 0 Å². The Hall–Kier alpha value is -2.30. The molecule has 24 heavy (non-hydrogen) atoms. The van der Waals surface area contributed by atoms with E-state index in [9.17, 15) is 9.59 Å². The molecule has 5 heteroatoms. The first-order valence-corrected chi connectivity index (χ1v) is 8.50. The summed E-state index contributed by atoms with van der Waals surface area (Å²) in [4.78, 5) is 26.6. The quantitative estimate of drug-likeness (QED) is 0.791. The first-order valence-electron chi connectivity index (χ1n) is 8.50. The Morgan fingerprint density at radius 1 is 1.25 bits per heavy atom. The molecule has 1 aliphatic heterocycles. The van der Waals surface area contributed by atoms with Crippen LogP contribution >= 0.6 is 0 Å². The normalized spacial score (nSPS) is 25.2. The van der Waals surface area contributed by atoms with Crippen molar-refractivity contribution in [3.63, 3.8) is 0 Å². The van der Waals surface area contributed by atoms with Gasteiger partial charge in [-0.25, -0.2) is 4.79 Å². The molecule has 0 aromatic heterocycles. The Labute approximate surface area is 142 Å². The molecule has 1 saturated carbocycles. The molecular formula is C19H23NO4. The van der Waals surface area contributed by atoms with Gasteiger partial charge in [0.2, 0.25) is 0 Å². The van der Waals surface area contributed by atoms with Crippen LogP contribution < -0.4 is 0 Å². The molecule has 0 bridgehead atoms. The van der Waals surface area contributed by atoms with E-state index < -0.39 is 11.5 Å². The summed E-state index contributed by atoms with van der Waals surface area (Å²) in [6.07, 6.45) is 6.30. The smallest absolute Gasteiger partial charge is 0.414 e. The van der Waals surface area contributed by atoms with Crippen LogP contribution in [0.2, 0.25) is 0 Å². The fraction of sp³-hybridized carbons (Fsp3) is 0.474. The predicted molar refractivity (Wildman–Crippen MR) is 88.9 cm³/mol. The number of carbonyl (C=O) groups excluding carboxylic acids is 2. The first kappa shape index (κ1) is 16.6. The van der Waals surface area contributed by atoms with E-state index in [2.05, 4.69) is 0 Å². The second-order valence-electron chi connectivity index (χ2n) is 6.32. The van der Waals surface area contributed by atoms with Crippen molar-refractivity contribution in [3.8, 4) is 0 Å². The Balaban J connectivity index is 1.71. The maximum absolute atomic E-state index is 12.5. The van der Waals surface area contributed by atoms with Crippen molar-refractivity contribution < 1.29 is 19.1 Å². The SMILES string of the molecule is CCOC(=O)[C@@]12CC=CN(C(=O)OCc3ccccc3)[C@@H]1CCC2. The lowest BCUT2D eigenvalue weighted by Crippen LogP contribution is -2.51. The zero-order valence-corrected chi connectivity index (χ0v) is 13.9. The predicted octanol–water partition coefficient (Wildman–Crippen LogP) is 3.64. The first-order chi connectivity index (χ1) is 11.7. The second kappa shape index (κ2) is 7.07. The van der Waals surface area contributed by atoms with Crippen LogP contribution in [-0.4, -0.2) is 29.6 Å². The van der Waals surface area contributed by atoms with Crippen molar-refractivity contribution in [1.82, 2.24) is 4.90 Å². The van der Waals surface area contributed by atoms with Gasteiger partial charge in [0.25, 0.3) is 0 Å². The number of carbonyl (C=O) groups is 2. The lowest BCUT2D eigenvalue weighted by Gasteiger charge is -2.40. The van der Waals surface area contributed by atoms with Crippen molar-refractivity contribution in [2.75, 3.05) is 6.61 Å². The molecule has 2 aliphatic rings. The summed E-state index contributed by atoms with van der Waals surface area (Å²) in [6, 6.07) is 9.39. The van der Waals surface area contributed by atoms with E-state index in [0.29, 0.717) is 13.0 Å². The van der Waals surface area contributed by atoms with E-state index in [0.717, 1.165) is 24.8 Å². The van der Waals surface area contributed by atoms with Gasteiger partial charge in [-0.1, -0.05) is 42.8 Å². The van der Waals surface area contributed by atoms with Gasteiger partial charge in [0.05, 0.1) is 18.1 Å². The number of esters is 1. The molecular weight excluding hydrogens is 306 g/mol. The second-order valence-corrected chi connectivity index (χ2v) is 6.32. The number of ether oxygens (including phenoxy) is 2. The molecule has 2 atom stereocenters. The Morgan fingerprint density at radius 3 is 2.79 bits per heavy atom. The maximum Gasteiger partial charge on any atom is 0.414 e. The van der Waals surface area contributed by atoms with Crippen molar-refractivity contribution in [2.24, 2.45) is 5.41 Å². The summed E-state index contributed by atoms with van der Waals surface area (Å²) < 4.78 is 10.7. The maximum atomic E-state index is 12.5. The summed E-state index contributed by atoms with van der Waals surface area (Å²) >= 11 is 0. The van der Waals surface area contributed by atoms with E-state index in [-0.39, 0.29) is 18.6 Å². The molecule has 128 valence electrons. The highest BCUT2D eigenvalue weighted by Gasteiger charge is 2.54. The zero-order chi connectivity index (χ0) is 17.0. The van der Waals surface area contributed by atoms with Crippen LogP contribution in [0.25, 0.3) is 0 Å². The van der Waals surface area contributed by atoms with Crippen molar-refractivity contribution >= 4 is 12.1 Å². The number of allylic oxidation sites excluding steroid dienone is 1. The van der Waals surface area contributed by atoms with Gasteiger partial charge in [-0.05, 0) is 31.7 Å². The lowest BCUT2D eigenvalue weighted by atomic mass is 9.77. The Bertz CT molecular complexity index is 628. The van der Waals surface area contributed by atoms with Crippen LogP contribution in [0.5, 0.6) is 0 Å². The molecule has 1 fully saturated rings. The summed E-state index contributed by atoms with van der Waals surface area (Å²) in [6.45, 7) is 2.39. The molecule has 0 unspecified atom stereocenters. The minimum Gasteiger partial charge on any atom is -0.465 e. The fourth-order valence-corrected chi connectivity index (χ4v) is 3.76. The highest BCUT2D eigenvalue weighted by atomic mass is 16.6. The van der Waals surface area contributed by atoms with Crippen molar-refractivity contribution in [2.45, 2.75) is 45.3 Å². The third-order valence-electron chi connectivity index (χ3n) is 4.92. The van der Waals surface area contributed by atoms with Crippen molar-refractivity contribution in [3.05, 3.63) is 48.2 Å². The number of hydrogen-bond donors (Lipinski definition) is 0. The van der Waals surface area contributed by atoms with Gasteiger partial charge in [0.1, 0.15) is 6.61 Å². The molecule has 1 aromatic carbocycles. The minimum atomic E-state index is -0.615. The molecule has 3 rings (SSSR count). The lowest BCUT2D eigenvalue weighted by molar-refractivity contribution is -0.158. The van der Waals surface area contributed by atoms with Crippen LogP contribution in [0.15, 0.2) is 42.6 Å². The van der Waals surface area contributed by atoms with Gasteiger partial charge in [0.15, 0.2) is 0 Å². The van der Waals surface area contributed by atoms with Gasteiger partial charge in [-0.2, -0.15) is 0 Å². The van der Waals surface area contributed by atoms with E-state index in [1.807, 2.05) is 43.3 Å². The molecule has 1 heterocycles. The van der Waals surface area contributed by atoms with E-state index >= 15 is 0 Å². The minimum absolute atomic E-state index is 0.176. The number of nitrogens with zero attached hydrogens (tertiary/aromatic N) is 1. The highest BCUT2D eigenvalue weighted by molar-refractivity contribution is 5.81. The molecule has 0 spiro atoms. The molecule has 1 aromatic rings. The highest BCUT2D eigenvalue weighted by Crippen LogP contribution is 2.48. The molecule has 0 radical (unpaired) electrons. The largest absolute Gasteiger partial charge is 0.465 e. The van der Waals surface area contributed by atoms with Gasteiger partial charge in [0, 0.05) is 6.20 Å². The summed E-state index contributed by atoms with van der Waals surface area (Å²) in [5.74, 6) is -0.197. The van der Waals surface area contributed by atoms with Gasteiger partial charge in [-0.3, -0.25) is 9.69 Å².